The van der Waals surface area contributed by atoms with Gasteiger partial charge in [0.2, 0.25) is 0 Å². The summed E-state index contributed by atoms with van der Waals surface area (Å²) < 4.78 is 17.8. The summed E-state index contributed by atoms with van der Waals surface area (Å²) in [6, 6.07) is 25.7. The van der Waals surface area contributed by atoms with Crippen LogP contribution in [0.1, 0.15) is 23.6 Å². The number of aliphatic hydroxyl groups is 1. The van der Waals surface area contributed by atoms with Gasteiger partial charge in [0.25, 0.3) is 0 Å². The second kappa shape index (κ2) is 10.5. The van der Waals surface area contributed by atoms with Crippen molar-refractivity contribution in [2.45, 2.75) is 18.6 Å². The quantitative estimate of drug-likeness (QED) is 0.470. The van der Waals surface area contributed by atoms with Gasteiger partial charge in [-0.1, -0.05) is 72.8 Å². The fourth-order valence-corrected chi connectivity index (χ4v) is 3.48. The molecule has 3 aromatic rings. The Balaban J connectivity index is 0.00000300. The number of benzene rings is 3. The van der Waals surface area contributed by atoms with Crippen LogP contribution in [-0.2, 0) is 10.3 Å². The van der Waals surface area contributed by atoms with Crippen molar-refractivity contribution in [3.8, 4) is 11.5 Å². The minimum atomic E-state index is -0.973. The Bertz CT molecular complexity index is 842. The molecule has 0 aliphatic heterocycles. The van der Waals surface area contributed by atoms with E-state index >= 15 is 0 Å². The largest absolute Gasteiger partial charge is 0.493 e. The van der Waals surface area contributed by atoms with Gasteiger partial charge in [0.1, 0.15) is 5.60 Å². The van der Waals surface area contributed by atoms with E-state index in [9.17, 15) is 5.11 Å². The molecule has 0 spiro atoms. The Kier molecular flexibility index (Phi) is 8.37. The summed E-state index contributed by atoms with van der Waals surface area (Å²) in [5.41, 5.74) is 1.72. The Labute approximate surface area is 184 Å². The third kappa shape index (κ3) is 4.68. The van der Waals surface area contributed by atoms with Crippen molar-refractivity contribution in [1.82, 2.24) is 0 Å². The monoisotopic (exact) mass is 385 g/mol. The summed E-state index contributed by atoms with van der Waals surface area (Å²) in [6.07, 6.45) is -0.622. The number of rotatable bonds is 8. The molecule has 1 N–H and O–H groups in total. The molecule has 0 saturated carbocycles. The zero-order valence-corrected chi connectivity index (χ0v) is 17.5. The first kappa shape index (κ1) is 23.1. The van der Waals surface area contributed by atoms with Crippen molar-refractivity contribution in [2.24, 2.45) is 0 Å². The van der Waals surface area contributed by atoms with Crippen LogP contribution < -0.4 is 9.47 Å². The minimum absolute atomic E-state index is 0. The molecule has 1 atom stereocenters. The first-order valence-electron chi connectivity index (χ1n) is 9.28. The molecule has 4 nitrogen and oxygen atoms in total. The SMILES string of the molecule is COc1cccc(C(OCC(C)O)(c2ccccc2)c2ccccc2)c1OC.[Li]. The maximum atomic E-state index is 10.0. The van der Waals surface area contributed by atoms with Crippen LogP contribution in [0.3, 0.4) is 0 Å². The number of para-hydroxylation sites is 1. The molecule has 0 fully saturated rings. The van der Waals surface area contributed by atoms with E-state index in [1.54, 1.807) is 21.1 Å². The second-order valence-electron chi connectivity index (χ2n) is 6.61. The van der Waals surface area contributed by atoms with Gasteiger partial charge >= 0.3 is 0 Å². The molecule has 1 unspecified atom stereocenters. The summed E-state index contributed by atoms with van der Waals surface area (Å²) in [4.78, 5) is 0. The molecule has 0 aliphatic rings. The molecule has 147 valence electrons. The van der Waals surface area contributed by atoms with Crippen molar-refractivity contribution >= 4 is 18.9 Å². The Morgan fingerprint density at radius 3 is 1.79 bits per heavy atom. The van der Waals surface area contributed by atoms with Gasteiger partial charge in [-0.3, -0.25) is 0 Å². The molecule has 0 bridgehead atoms. The number of aliphatic hydroxyl groups excluding tert-OH is 1. The number of hydrogen-bond acceptors (Lipinski definition) is 4. The summed E-state index contributed by atoms with van der Waals surface area (Å²) in [7, 11) is 3.24. The number of methoxy groups -OCH3 is 2. The summed E-state index contributed by atoms with van der Waals surface area (Å²) in [6.45, 7) is 1.87. The molecule has 3 aromatic carbocycles. The van der Waals surface area contributed by atoms with Crippen molar-refractivity contribution in [3.05, 3.63) is 95.6 Å². The normalized spacial score (nSPS) is 12.0. The second-order valence-corrected chi connectivity index (χ2v) is 6.61. The molecule has 3 rings (SSSR count). The molecular weight excluding hydrogens is 359 g/mol. The molecule has 29 heavy (non-hydrogen) atoms. The van der Waals surface area contributed by atoms with Crippen molar-refractivity contribution in [3.63, 3.8) is 0 Å². The van der Waals surface area contributed by atoms with Crippen molar-refractivity contribution in [1.29, 1.82) is 0 Å². The van der Waals surface area contributed by atoms with Crippen molar-refractivity contribution in [2.75, 3.05) is 20.8 Å². The van der Waals surface area contributed by atoms with Crippen LogP contribution in [0.2, 0.25) is 0 Å². The molecule has 0 aliphatic carbocycles. The van der Waals surface area contributed by atoms with Crippen LogP contribution in [-0.4, -0.2) is 50.9 Å². The third-order valence-electron chi connectivity index (χ3n) is 4.68. The molecule has 0 aromatic heterocycles. The van der Waals surface area contributed by atoms with Crippen molar-refractivity contribution < 1.29 is 19.3 Å². The molecule has 0 heterocycles. The fourth-order valence-electron chi connectivity index (χ4n) is 3.48. The summed E-state index contributed by atoms with van der Waals surface area (Å²) in [5.74, 6) is 1.22. The van der Waals surface area contributed by atoms with Gasteiger partial charge in [-0.15, -0.1) is 0 Å². The van der Waals surface area contributed by atoms with E-state index in [0.717, 1.165) is 16.7 Å². The van der Waals surface area contributed by atoms with Crippen LogP contribution in [0.15, 0.2) is 78.9 Å². The van der Waals surface area contributed by atoms with Gasteiger partial charge in [0, 0.05) is 24.4 Å². The first-order chi connectivity index (χ1) is 13.6. The third-order valence-corrected chi connectivity index (χ3v) is 4.68. The van der Waals surface area contributed by atoms with Gasteiger partial charge in [0.15, 0.2) is 11.5 Å². The van der Waals surface area contributed by atoms with E-state index in [2.05, 4.69) is 0 Å². The van der Waals surface area contributed by atoms with E-state index in [1.165, 1.54) is 0 Å². The van der Waals surface area contributed by atoms with E-state index in [1.807, 2.05) is 78.9 Å². The summed E-state index contributed by atoms with van der Waals surface area (Å²) in [5, 5.41) is 10.0. The molecule has 1 radical (unpaired) electrons. The topological polar surface area (TPSA) is 47.9 Å². The maximum Gasteiger partial charge on any atom is 0.167 e. The minimum Gasteiger partial charge on any atom is -0.493 e. The smallest absolute Gasteiger partial charge is 0.167 e. The number of ether oxygens (including phenoxy) is 3. The van der Waals surface area contributed by atoms with Gasteiger partial charge in [-0.05, 0) is 24.1 Å². The predicted octanol–water partition coefficient (Wildman–Crippen LogP) is 4.01. The van der Waals surface area contributed by atoms with Gasteiger partial charge < -0.3 is 19.3 Å². The van der Waals surface area contributed by atoms with E-state index in [4.69, 9.17) is 14.2 Å². The fraction of sp³-hybridized carbons (Fsp3) is 0.250. The average molecular weight is 385 g/mol. The van der Waals surface area contributed by atoms with Gasteiger partial charge in [0.05, 0.1) is 26.9 Å². The van der Waals surface area contributed by atoms with E-state index in [-0.39, 0.29) is 25.5 Å². The molecule has 0 saturated heterocycles. The first-order valence-corrected chi connectivity index (χ1v) is 9.28. The summed E-state index contributed by atoms with van der Waals surface area (Å²) >= 11 is 0. The van der Waals surface area contributed by atoms with E-state index < -0.39 is 11.7 Å². The van der Waals surface area contributed by atoms with Gasteiger partial charge in [-0.2, -0.15) is 0 Å². The average Bonchev–Trinajstić information content (AvgIpc) is 2.75. The zero-order chi connectivity index (χ0) is 20.0. The Hall–Kier alpha value is -2.22. The van der Waals surface area contributed by atoms with E-state index in [0.29, 0.717) is 11.5 Å². The molecular formula is C24H26LiO4. The van der Waals surface area contributed by atoms with Crippen LogP contribution in [0.25, 0.3) is 0 Å². The van der Waals surface area contributed by atoms with Gasteiger partial charge in [-0.25, -0.2) is 0 Å². The maximum absolute atomic E-state index is 10.0. The number of hydrogen-bond donors (Lipinski definition) is 1. The van der Waals surface area contributed by atoms with Crippen LogP contribution >= 0.6 is 0 Å². The predicted molar refractivity (Wildman–Crippen MR) is 116 cm³/mol. The molecule has 5 heteroatoms. The van der Waals surface area contributed by atoms with Crippen LogP contribution in [0, 0.1) is 0 Å². The van der Waals surface area contributed by atoms with Crippen LogP contribution in [0.5, 0.6) is 11.5 Å². The molecule has 0 amide bonds. The Morgan fingerprint density at radius 2 is 1.34 bits per heavy atom. The zero-order valence-electron chi connectivity index (χ0n) is 17.5. The Morgan fingerprint density at radius 1 is 0.793 bits per heavy atom. The van der Waals surface area contributed by atoms with Crippen LogP contribution in [0.4, 0.5) is 0 Å². The standard InChI is InChI=1S/C24H26O4.Li/c1-18(25)17-28-24(19-11-6-4-7-12-19,20-13-8-5-9-14-20)21-15-10-16-22(26-2)23(21)27-3;/h4-16,18,25H,17H2,1-3H3;.